The molecule has 1 aromatic carbocycles. The Morgan fingerprint density at radius 2 is 1.89 bits per heavy atom. The van der Waals surface area contributed by atoms with Gasteiger partial charge in [-0.15, -0.1) is 0 Å². The van der Waals surface area contributed by atoms with Gasteiger partial charge in [-0.05, 0) is 25.5 Å². The first kappa shape index (κ1) is 14.4. The van der Waals surface area contributed by atoms with Crippen molar-refractivity contribution in [2.45, 2.75) is 32.2 Å². The maximum atomic E-state index is 12.1. The predicted octanol–water partition coefficient (Wildman–Crippen LogP) is 1.88. The summed E-state index contributed by atoms with van der Waals surface area (Å²) in [6.07, 6.45) is 1.23. The van der Waals surface area contributed by atoms with Gasteiger partial charge < -0.3 is 10.4 Å². The first-order valence-corrected chi connectivity index (χ1v) is 6.10. The van der Waals surface area contributed by atoms with Gasteiger partial charge in [-0.2, -0.15) is 0 Å². The van der Waals surface area contributed by atoms with Crippen LogP contribution in [0, 0.1) is 0 Å². The van der Waals surface area contributed by atoms with E-state index in [0.717, 1.165) is 6.42 Å². The molecule has 0 saturated heterocycles. The van der Waals surface area contributed by atoms with Crippen molar-refractivity contribution in [1.29, 1.82) is 0 Å². The number of nitrogens with one attached hydrogen (secondary N) is 1. The number of ketones is 1. The lowest BCUT2D eigenvalue weighted by Crippen LogP contribution is -2.34. The zero-order valence-electron chi connectivity index (χ0n) is 10.8. The fraction of sp³-hybridized carbons (Fsp3) is 0.429. The lowest BCUT2D eigenvalue weighted by atomic mass is 9.99. The van der Waals surface area contributed by atoms with Gasteiger partial charge in [-0.3, -0.25) is 9.59 Å². The molecule has 98 valence electrons. The van der Waals surface area contributed by atoms with Gasteiger partial charge in [-0.25, -0.2) is 0 Å². The molecule has 18 heavy (non-hydrogen) atoms. The number of hydrogen-bond acceptors (Lipinski definition) is 3. The van der Waals surface area contributed by atoms with Crippen molar-refractivity contribution in [3.05, 3.63) is 35.4 Å². The second-order valence-corrected chi connectivity index (χ2v) is 4.19. The number of hydrogen-bond donors (Lipinski definition) is 2. The molecule has 0 amide bonds. The van der Waals surface area contributed by atoms with E-state index in [2.05, 4.69) is 12.2 Å². The smallest absolute Gasteiger partial charge is 0.303 e. The molecule has 1 unspecified atom stereocenters. The Kier molecular flexibility index (Phi) is 5.52. The van der Waals surface area contributed by atoms with Crippen LogP contribution in [0.3, 0.4) is 0 Å². The summed E-state index contributed by atoms with van der Waals surface area (Å²) in [4.78, 5) is 22.7. The van der Waals surface area contributed by atoms with Crippen LogP contribution in [-0.4, -0.2) is 29.9 Å². The van der Waals surface area contributed by atoms with Gasteiger partial charge >= 0.3 is 5.97 Å². The number of carboxylic acid groups (broad SMARTS) is 1. The molecule has 0 radical (unpaired) electrons. The predicted molar refractivity (Wildman–Crippen MR) is 69.9 cm³/mol. The first-order chi connectivity index (χ1) is 8.58. The van der Waals surface area contributed by atoms with E-state index in [4.69, 9.17) is 5.11 Å². The third-order valence-electron chi connectivity index (χ3n) is 2.96. The minimum absolute atomic E-state index is 0.00963. The number of carbonyl (C=O) groups is 2. The zero-order chi connectivity index (χ0) is 13.5. The largest absolute Gasteiger partial charge is 0.481 e. The summed E-state index contributed by atoms with van der Waals surface area (Å²) in [5.41, 5.74) is 1.80. The topological polar surface area (TPSA) is 66.4 Å². The van der Waals surface area contributed by atoms with Crippen LogP contribution in [0.15, 0.2) is 24.3 Å². The highest BCUT2D eigenvalue weighted by Gasteiger charge is 2.18. The normalized spacial score (nSPS) is 12.1. The van der Waals surface area contributed by atoms with Crippen LogP contribution < -0.4 is 5.32 Å². The van der Waals surface area contributed by atoms with E-state index in [-0.39, 0.29) is 12.2 Å². The second-order valence-electron chi connectivity index (χ2n) is 4.19. The highest BCUT2D eigenvalue weighted by molar-refractivity contribution is 6.00. The van der Waals surface area contributed by atoms with Crippen molar-refractivity contribution in [2.75, 3.05) is 7.05 Å². The fourth-order valence-electron chi connectivity index (χ4n) is 1.78. The van der Waals surface area contributed by atoms with E-state index in [9.17, 15) is 9.59 Å². The molecule has 0 aliphatic heterocycles. The summed E-state index contributed by atoms with van der Waals surface area (Å²) >= 11 is 0. The Morgan fingerprint density at radius 1 is 1.28 bits per heavy atom. The van der Waals surface area contributed by atoms with Crippen molar-refractivity contribution in [1.82, 2.24) is 5.32 Å². The van der Waals surface area contributed by atoms with Crippen molar-refractivity contribution in [2.24, 2.45) is 0 Å². The molecule has 0 aliphatic rings. The molecule has 0 heterocycles. The van der Waals surface area contributed by atoms with Gasteiger partial charge in [0.15, 0.2) is 5.78 Å². The third-order valence-corrected chi connectivity index (χ3v) is 2.96. The Hall–Kier alpha value is -1.68. The molecule has 0 fully saturated rings. The van der Waals surface area contributed by atoms with E-state index in [1.165, 1.54) is 5.56 Å². The maximum Gasteiger partial charge on any atom is 0.303 e. The van der Waals surface area contributed by atoms with Crippen molar-refractivity contribution in [3.63, 3.8) is 0 Å². The van der Waals surface area contributed by atoms with Crippen molar-refractivity contribution >= 4 is 11.8 Å². The summed E-state index contributed by atoms with van der Waals surface area (Å²) in [7, 11) is 1.67. The van der Waals surface area contributed by atoms with Gasteiger partial charge in [0.1, 0.15) is 0 Å². The summed E-state index contributed by atoms with van der Waals surface area (Å²) in [6, 6.07) is 7.01. The minimum Gasteiger partial charge on any atom is -0.481 e. The molecular formula is C14H19NO3. The number of carboxylic acids is 1. The minimum atomic E-state index is -0.885. The van der Waals surface area contributed by atoms with Crippen LogP contribution in [0.2, 0.25) is 0 Å². The van der Waals surface area contributed by atoms with Crippen LogP contribution in [0.5, 0.6) is 0 Å². The van der Waals surface area contributed by atoms with E-state index < -0.39 is 12.0 Å². The standard InChI is InChI=1S/C14H19NO3/c1-3-10-4-6-11(7-5-10)14(18)12(15-2)8-9-13(16)17/h4-7,12,15H,3,8-9H2,1-2H3,(H,16,17). The molecule has 0 spiro atoms. The summed E-state index contributed by atoms with van der Waals surface area (Å²) in [5, 5.41) is 11.5. The number of rotatable bonds is 7. The summed E-state index contributed by atoms with van der Waals surface area (Å²) in [5.74, 6) is -0.939. The van der Waals surface area contributed by atoms with Gasteiger partial charge in [0.2, 0.25) is 0 Å². The SMILES string of the molecule is CCc1ccc(C(=O)C(CCC(=O)O)NC)cc1. The lowest BCUT2D eigenvalue weighted by Gasteiger charge is -2.14. The van der Waals surface area contributed by atoms with Crippen LogP contribution in [-0.2, 0) is 11.2 Å². The Morgan fingerprint density at radius 3 is 2.33 bits per heavy atom. The molecule has 1 atom stereocenters. The first-order valence-electron chi connectivity index (χ1n) is 6.10. The van der Waals surface area contributed by atoms with Crippen molar-refractivity contribution < 1.29 is 14.7 Å². The average Bonchev–Trinajstić information content (AvgIpc) is 2.39. The Labute approximate surface area is 107 Å². The van der Waals surface area contributed by atoms with Gasteiger partial charge in [0, 0.05) is 12.0 Å². The molecule has 0 bridgehead atoms. The molecule has 0 saturated carbocycles. The van der Waals surface area contributed by atoms with Gasteiger partial charge in [-0.1, -0.05) is 31.2 Å². The molecule has 1 rings (SSSR count). The van der Waals surface area contributed by atoms with Crippen LogP contribution in [0.1, 0.15) is 35.7 Å². The molecule has 4 nitrogen and oxygen atoms in total. The van der Waals surface area contributed by atoms with E-state index >= 15 is 0 Å². The fourth-order valence-corrected chi connectivity index (χ4v) is 1.78. The molecule has 1 aromatic rings. The zero-order valence-corrected chi connectivity index (χ0v) is 10.8. The monoisotopic (exact) mass is 249 g/mol. The lowest BCUT2D eigenvalue weighted by molar-refractivity contribution is -0.137. The molecule has 2 N–H and O–H groups in total. The molecular weight excluding hydrogens is 230 g/mol. The highest BCUT2D eigenvalue weighted by Crippen LogP contribution is 2.10. The highest BCUT2D eigenvalue weighted by atomic mass is 16.4. The van der Waals surface area contributed by atoms with Gasteiger partial charge in [0.05, 0.1) is 6.04 Å². The Balaban J connectivity index is 2.72. The average molecular weight is 249 g/mol. The number of benzene rings is 1. The van der Waals surface area contributed by atoms with Crippen LogP contribution in [0.25, 0.3) is 0 Å². The summed E-state index contributed by atoms with van der Waals surface area (Å²) in [6.45, 7) is 2.06. The number of aliphatic carboxylic acids is 1. The molecule has 0 aromatic heterocycles. The van der Waals surface area contributed by atoms with Gasteiger partial charge in [0.25, 0.3) is 0 Å². The quantitative estimate of drug-likeness (QED) is 0.724. The second kappa shape index (κ2) is 6.91. The third kappa shape index (κ3) is 3.96. The van der Waals surface area contributed by atoms with E-state index in [1.807, 2.05) is 12.1 Å². The Bertz CT molecular complexity index is 412. The van der Waals surface area contributed by atoms with E-state index in [0.29, 0.717) is 12.0 Å². The number of likely N-dealkylation sites (N-methyl/N-ethyl adjacent to an activating group) is 1. The number of carbonyl (C=O) groups excluding carboxylic acids is 1. The summed E-state index contributed by atoms with van der Waals surface area (Å²) < 4.78 is 0. The van der Waals surface area contributed by atoms with E-state index in [1.54, 1.807) is 19.2 Å². The number of Topliss-reactive ketones (excluding diaryl/α,β-unsaturated/α-hetero) is 1. The van der Waals surface area contributed by atoms with Crippen LogP contribution in [0.4, 0.5) is 0 Å². The maximum absolute atomic E-state index is 12.1. The molecule has 0 aliphatic carbocycles. The number of aryl methyl sites for hydroxylation is 1. The van der Waals surface area contributed by atoms with Crippen LogP contribution >= 0.6 is 0 Å². The molecule has 4 heteroatoms. The van der Waals surface area contributed by atoms with Crippen molar-refractivity contribution in [3.8, 4) is 0 Å².